The van der Waals surface area contributed by atoms with Crippen LogP contribution in [0.1, 0.15) is 32.8 Å². The fraction of sp³-hybridized carbons (Fsp3) is 0.538. The van der Waals surface area contributed by atoms with Crippen molar-refractivity contribution in [1.29, 1.82) is 0 Å². The lowest BCUT2D eigenvalue weighted by Crippen LogP contribution is -2.31. The highest BCUT2D eigenvalue weighted by Gasteiger charge is 2.25. The Morgan fingerprint density at radius 3 is 2.50 bits per heavy atom. The van der Waals surface area contributed by atoms with Crippen LogP contribution in [0.4, 0.5) is 0 Å². The molecule has 0 heterocycles. The molecule has 1 rings (SSSR count). The number of benzene rings is 1. The SMILES string of the molecule is CNC(C)CC(C)(C)c1cc(Cl)ccc1Cl. The summed E-state index contributed by atoms with van der Waals surface area (Å²) in [6, 6.07) is 6.10. The van der Waals surface area contributed by atoms with Gasteiger partial charge in [-0.05, 0) is 49.6 Å². The maximum Gasteiger partial charge on any atom is 0.0444 e. The van der Waals surface area contributed by atoms with Gasteiger partial charge in [0.1, 0.15) is 0 Å². The van der Waals surface area contributed by atoms with Crippen molar-refractivity contribution in [2.75, 3.05) is 7.05 Å². The zero-order valence-electron chi connectivity index (χ0n) is 10.3. The normalized spacial score (nSPS) is 13.9. The van der Waals surface area contributed by atoms with Crippen molar-refractivity contribution in [2.24, 2.45) is 0 Å². The average Bonchev–Trinajstić information content (AvgIpc) is 2.20. The van der Waals surface area contributed by atoms with Crippen LogP contribution in [0.2, 0.25) is 10.0 Å². The van der Waals surface area contributed by atoms with Crippen LogP contribution >= 0.6 is 23.2 Å². The molecule has 0 radical (unpaired) electrons. The zero-order chi connectivity index (χ0) is 12.3. The molecule has 90 valence electrons. The Morgan fingerprint density at radius 1 is 1.31 bits per heavy atom. The lowest BCUT2D eigenvalue weighted by molar-refractivity contribution is 0.405. The smallest absolute Gasteiger partial charge is 0.0444 e. The van der Waals surface area contributed by atoms with Crippen molar-refractivity contribution in [1.82, 2.24) is 5.32 Å². The highest BCUT2D eigenvalue weighted by molar-refractivity contribution is 6.33. The van der Waals surface area contributed by atoms with Crippen LogP contribution in [0.5, 0.6) is 0 Å². The Morgan fingerprint density at radius 2 is 1.94 bits per heavy atom. The summed E-state index contributed by atoms with van der Waals surface area (Å²) in [5.41, 5.74) is 1.13. The van der Waals surface area contributed by atoms with Crippen LogP contribution < -0.4 is 5.32 Å². The summed E-state index contributed by atoms with van der Waals surface area (Å²) in [5, 5.41) is 4.78. The standard InChI is InChI=1S/C13H19Cl2N/c1-9(16-4)8-13(2,3)11-7-10(14)5-6-12(11)15/h5-7,9,16H,8H2,1-4H3. The van der Waals surface area contributed by atoms with Crippen LogP contribution in [-0.4, -0.2) is 13.1 Å². The van der Waals surface area contributed by atoms with E-state index in [2.05, 4.69) is 26.1 Å². The van der Waals surface area contributed by atoms with Gasteiger partial charge in [0, 0.05) is 16.1 Å². The summed E-state index contributed by atoms with van der Waals surface area (Å²) < 4.78 is 0. The molecule has 1 nitrogen and oxygen atoms in total. The van der Waals surface area contributed by atoms with Gasteiger partial charge in [0.25, 0.3) is 0 Å². The second-order valence-electron chi connectivity index (χ2n) is 4.90. The Hall–Kier alpha value is -0.240. The molecular weight excluding hydrogens is 241 g/mol. The summed E-state index contributed by atoms with van der Waals surface area (Å²) in [7, 11) is 1.97. The fourth-order valence-electron chi connectivity index (χ4n) is 1.99. The zero-order valence-corrected chi connectivity index (χ0v) is 11.8. The van der Waals surface area contributed by atoms with Crippen LogP contribution in [0.15, 0.2) is 18.2 Å². The van der Waals surface area contributed by atoms with E-state index in [1.165, 1.54) is 0 Å². The van der Waals surface area contributed by atoms with E-state index in [0.29, 0.717) is 6.04 Å². The Labute approximate surface area is 108 Å². The minimum Gasteiger partial charge on any atom is -0.317 e. The van der Waals surface area contributed by atoms with Gasteiger partial charge in [0.2, 0.25) is 0 Å². The number of nitrogens with one attached hydrogen (secondary N) is 1. The summed E-state index contributed by atoms with van der Waals surface area (Å²) >= 11 is 12.2. The Kier molecular flexibility index (Phi) is 4.66. The van der Waals surface area contributed by atoms with Crippen molar-refractivity contribution in [3.8, 4) is 0 Å². The van der Waals surface area contributed by atoms with Gasteiger partial charge in [0.15, 0.2) is 0 Å². The highest BCUT2D eigenvalue weighted by Crippen LogP contribution is 2.35. The molecule has 0 saturated carbocycles. The third-order valence-electron chi connectivity index (χ3n) is 2.97. The van der Waals surface area contributed by atoms with Crippen molar-refractivity contribution in [3.63, 3.8) is 0 Å². The summed E-state index contributed by atoms with van der Waals surface area (Å²) in [6.07, 6.45) is 1.02. The molecule has 3 heteroatoms. The number of hydrogen-bond donors (Lipinski definition) is 1. The van der Waals surface area contributed by atoms with Crippen molar-refractivity contribution < 1.29 is 0 Å². The first-order chi connectivity index (χ1) is 7.36. The number of rotatable bonds is 4. The van der Waals surface area contributed by atoms with Gasteiger partial charge in [-0.25, -0.2) is 0 Å². The van der Waals surface area contributed by atoms with Crippen LogP contribution in [0.3, 0.4) is 0 Å². The molecule has 0 aliphatic heterocycles. The molecule has 0 aliphatic rings. The molecule has 1 aromatic rings. The van der Waals surface area contributed by atoms with E-state index in [9.17, 15) is 0 Å². The van der Waals surface area contributed by atoms with E-state index >= 15 is 0 Å². The van der Waals surface area contributed by atoms with Crippen LogP contribution in [-0.2, 0) is 5.41 Å². The van der Waals surface area contributed by atoms with Gasteiger partial charge < -0.3 is 5.32 Å². The molecule has 1 unspecified atom stereocenters. The van der Waals surface area contributed by atoms with Crippen molar-refractivity contribution in [2.45, 2.75) is 38.6 Å². The van der Waals surface area contributed by atoms with E-state index < -0.39 is 0 Å². The second kappa shape index (κ2) is 5.39. The van der Waals surface area contributed by atoms with E-state index in [4.69, 9.17) is 23.2 Å². The molecule has 0 saturated heterocycles. The summed E-state index contributed by atoms with van der Waals surface area (Å²) in [5.74, 6) is 0. The maximum absolute atomic E-state index is 6.23. The molecule has 0 aromatic heterocycles. The molecule has 16 heavy (non-hydrogen) atoms. The Balaban J connectivity index is 3.01. The van der Waals surface area contributed by atoms with E-state index in [1.54, 1.807) is 0 Å². The van der Waals surface area contributed by atoms with Crippen LogP contribution in [0.25, 0.3) is 0 Å². The van der Waals surface area contributed by atoms with Gasteiger partial charge in [0.05, 0.1) is 0 Å². The summed E-state index contributed by atoms with van der Waals surface area (Å²) in [4.78, 5) is 0. The molecule has 1 N–H and O–H groups in total. The topological polar surface area (TPSA) is 12.0 Å². The minimum absolute atomic E-state index is 0.0183. The largest absolute Gasteiger partial charge is 0.317 e. The van der Waals surface area contributed by atoms with Gasteiger partial charge in [-0.2, -0.15) is 0 Å². The lowest BCUT2D eigenvalue weighted by Gasteiger charge is -2.29. The maximum atomic E-state index is 6.23. The first kappa shape index (κ1) is 13.8. The predicted molar refractivity (Wildman–Crippen MR) is 72.6 cm³/mol. The molecule has 0 aliphatic carbocycles. The summed E-state index contributed by atoms with van der Waals surface area (Å²) in [6.45, 7) is 6.55. The van der Waals surface area contributed by atoms with Crippen molar-refractivity contribution >= 4 is 23.2 Å². The second-order valence-corrected chi connectivity index (χ2v) is 5.75. The predicted octanol–water partition coefficient (Wildman–Crippen LogP) is 4.27. The highest BCUT2D eigenvalue weighted by atomic mass is 35.5. The average molecular weight is 260 g/mol. The molecule has 1 aromatic carbocycles. The molecule has 0 spiro atoms. The first-order valence-corrected chi connectivity index (χ1v) is 6.25. The molecule has 0 bridgehead atoms. The van der Waals surface area contributed by atoms with E-state index in [0.717, 1.165) is 22.0 Å². The van der Waals surface area contributed by atoms with Gasteiger partial charge in [-0.15, -0.1) is 0 Å². The number of halogens is 2. The molecule has 0 fully saturated rings. The van der Waals surface area contributed by atoms with Gasteiger partial charge in [-0.3, -0.25) is 0 Å². The Bertz CT molecular complexity index is 361. The number of hydrogen-bond acceptors (Lipinski definition) is 1. The van der Waals surface area contributed by atoms with E-state index in [-0.39, 0.29) is 5.41 Å². The van der Waals surface area contributed by atoms with Crippen molar-refractivity contribution in [3.05, 3.63) is 33.8 Å². The molecular formula is C13H19Cl2N. The first-order valence-electron chi connectivity index (χ1n) is 5.49. The fourth-order valence-corrected chi connectivity index (χ4v) is 2.54. The quantitative estimate of drug-likeness (QED) is 0.852. The monoisotopic (exact) mass is 259 g/mol. The molecule has 0 amide bonds. The van der Waals surface area contributed by atoms with Gasteiger partial charge in [-0.1, -0.05) is 37.0 Å². The third-order valence-corrected chi connectivity index (χ3v) is 3.53. The van der Waals surface area contributed by atoms with Gasteiger partial charge >= 0.3 is 0 Å². The van der Waals surface area contributed by atoms with Crippen LogP contribution in [0, 0.1) is 0 Å². The minimum atomic E-state index is 0.0183. The third kappa shape index (κ3) is 3.38. The molecule has 1 atom stereocenters. The lowest BCUT2D eigenvalue weighted by atomic mass is 9.79. The van der Waals surface area contributed by atoms with E-state index in [1.807, 2.05) is 25.2 Å².